The molecule has 0 radical (unpaired) electrons. The summed E-state index contributed by atoms with van der Waals surface area (Å²) in [5.74, 6) is 0. The number of nitrogens with one attached hydrogen (secondary N) is 1. The maximum absolute atomic E-state index is 8.31. The molecule has 0 aliphatic rings. The molecular weight excluding hydrogens is 212 g/mol. The third-order valence-corrected chi connectivity index (χ3v) is 2.15. The third kappa shape index (κ3) is 2.89. The molecule has 4 nitrogen and oxygen atoms in total. The van der Waals surface area contributed by atoms with Crippen LogP contribution in [-0.2, 0) is 0 Å². The van der Waals surface area contributed by atoms with Crippen LogP contribution in [0.15, 0.2) is 53.7 Å². The van der Waals surface area contributed by atoms with Crippen LogP contribution in [0.5, 0.6) is 0 Å². The van der Waals surface area contributed by atoms with E-state index < -0.39 is 0 Å². The van der Waals surface area contributed by atoms with Crippen molar-refractivity contribution in [3.05, 3.63) is 48.7 Å². The van der Waals surface area contributed by atoms with Gasteiger partial charge in [0.1, 0.15) is 6.34 Å². The van der Waals surface area contributed by atoms with Gasteiger partial charge < -0.3 is 0 Å². The Hall–Kier alpha value is -2.67. The topological polar surface area (TPSA) is 61.1 Å². The average Bonchev–Trinajstić information content (AvgIpc) is 2.41. The number of aliphatic imine (C=N–C) groups is 1. The molecule has 82 valence electrons. The highest BCUT2D eigenvalue weighted by Gasteiger charge is 1.98. The molecule has 0 aliphatic carbocycles. The molecule has 1 heterocycles. The lowest BCUT2D eigenvalue weighted by molar-refractivity contribution is 1.29. The molecule has 17 heavy (non-hydrogen) atoms. The predicted octanol–water partition coefficient (Wildman–Crippen LogP) is 2.48. The fourth-order valence-corrected chi connectivity index (χ4v) is 1.41. The molecule has 0 fully saturated rings. The van der Waals surface area contributed by atoms with Gasteiger partial charge in [-0.25, -0.2) is 4.99 Å². The third-order valence-electron chi connectivity index (χ3n) is 2.15. The van der Waals surface area contributed by atoms with E-state index in [2.05, 4.69) is 15.3 Å². The van der Waals surface area contributed by atoms with Gasteiger partial charge >= 0.3 is 0 Å². The van der Waals surface area contributed by atoms with E-state index in [4.69, 9.17) is 5.26 Å². The highest BCUT2D eigenvalue weighted by atomic mass is 14.9. The van der Waals surface area contributed by atoms with Crippen molar-refractivity contribution in [3.8, 4) is 17.5 Å². The molecule has 0 saturated carbocycles. The van der Waals surface area contributed by atoms with Crippen molar-refractivity contribution < 1.29 is 0 Å². The summed E-state index contributed by atoms with van der Waals surface area (Å²) >= 11 is 0. The van der Waals surface area contributed by atoms with Crippen LogP contribution >= 0.6 is 0 Å². The first-order valence-electron chi connectivity index (χ1n) is 5.09. The van der Waals surface area contributed by atoms with Crippen molar-refractivity contribution in [1.82, 2.24) is 10.3 Å². The molecule has 2 rings (SSSR count). The van der Waals surface area contributed by atoms with Crippen LogP contribution in [0, 0.1) is 11.5 Å². The van der Waals surface area contributed by atoms with Gasteiger partial charge in [0, 0.05) is 11.8 Å². The Morgan fingerprint density at radius 2 is 2.18 bits per heavy atom. The van der Waals surface area contributed by atoms with Gasteiger partial charge in [-0.15, -0.1) is 0 Å². The lowest BCUT2D eigenvalue weighted by Crippen LogP contribution is -1.98. The summed E-state index contributed by atoms with van der Waals surface area (Å²) in [6.07, 6.45) is 4.88. The number of hydrogen-bond donors (Lipinski definition) is 1. The number of hydrogen-bond acceptors (Lipinski definition) is 3. The molecular formula is C13H10N4. The van der Waals surface area contributed by atoms with E-state index in [0.29, 0.717) is 0 Å². The number of nitrogens with zero attached hydrogens (tertiary/aromatic N) is 3. The lowest BCUT2D eigenvalue weighted by Gasteiger charge is -2.00. The summed E-state index contributed by atoms with van der Waals surface area (Å²) in [5.41, 5.74) is 2.67. The van der Waals surface area contributed by atoms with Crippen molar-refractivity contribution in [2.75, 3.05) is 0 Å². The first-order chi connectivity index (χ1) is 8.40. The summed E-state index contributed by atoms with van der Waals surface area (Å²) in [4.78, 5) is 8.36. The Balaban J connectivity index is 2.27. The maximum atomic E-state index is 8.31. The largest absolute Gasteiger partial charge is 0.283 e. The molecule has 2 aromatic rings. The van der Waals surface area contributed by atoms with E-state index in [1.165, 1.54) is 6.34 Å². The van der Waals surface area contributed by atoms with Gasteiger partial charge in [0.25, 0.3) is 0 Å². The zero-order valence-corrected chi connectivity index (χ0v) is 9.04. The zero-order chi connectivity index (χ0) is 11.9. The monoisotopic (exact) mass is 222 g/mol. The number of pyridine rings is 1. The van der Waals surface area contributed by atoms with E-state index in [-0.39, 0.29) is 0 Å². The van der Waals surface area contributed by atoms with E-state index in [0.717, 1.165) is 16.9 Å². The summed E-state index contributed by atoms with van der Waals surface area (Å²) in [5, 5.41) is 10.7. The van der Waals surface area contributed by atoms with E-state index in [1.54, 1.807) is 12.4 Å². The highest BCUT2D eigenvalue weighted by Crippen LogP contribution is 2.21. The fourth-order valence-electron chi connectivity index (χ4n) is 1.41. The van der Waals surface area contributed by atoms with Gasteiger partial charge in [0.15, 0.2) is 6.19 Å². The molecule has 0 bridgehead atoms. The SMILES string of the molecule is N#CN/C=N/c1cccc(-c2ccccn2)c1. The number of nitriles is 1. The van der Waals surface area contributed by atoms with E-state index in [9.17, 15) is 0 Å². The van der Waals surface area contributed by atoms with E-state index >= 15 is 0 Å². The minimum Gasteiger partial charge on any atom is -0.283 e. The van der Waals surface area contributed by atoms with Crippen molar-refractivity contribution in [2.45, 2.75) is 0 Å². The minimum absolute atomic E-state index is 0.774. The molecule has 0 spiro atoms. The molecule has 1 aromatic heterocycles. The van der Waals surface area contributed by atoms with Gasteiger partial charge in [-0.1, -0.05) is 18.2 Å². The average molecular weight is 222 g/mol. The summed E-state index contributed by atoms with van der Waals surface area (Å²) < 4.78 is 0. The summed E-state index contributed by atoms with van der Waals surface area (Å²) in [6.45, 7) is 0. The quantitative estimate of drug-likeness (QED) is 0.375. The van der Waals surface area contributed by atoms with Gasteiger partial charge in [0.05, 0.1) is 11.4 Å². The summed E-state index contributed by atoms with van der Waals surface area (Å²) in [7, 11) is 0. The van der Waals surface area contributed by atoms with Gasteiger partial charge in [-0.05, 0) is 24.3 Å². The van der Waals surface area contributed by atoms with Crippen molar-refractivity contribution in [2.24, 2.45) is 4.99 Å². The van der Waals surface area contributed by atoms with Crippen LogP contribution in [0.25, 0.3) is 11.3 Å². The van der Waals surface area contributed by atoms with Crippen LogP contribution in [0.2, 0.25) is 0 Å². The molecule has 1 aromatic carbocycles. The van der Waals surface area contributed by atoms with Gasteiger partial charge in [0.2, 0.25) is 0 Å². The second kappa shape index (κ2) is 5.42. The normalized spacial score (nSPS) is 10.1. The Morgan fingerprint density at radius 3 is 2.94 bits per heavy atom. The Kier molecular flexibility index (Phi) is 3.46. The van der Waals surface area contributed by atoms with Crippen LogP contribution in [0.1, 0.15) is 0 Å². The van der Waals surface area contributed by atoms with Crippen LogP contribution in [0.4, 0.5) is 5.69 Å². The number of rotatable bonds is 3. The molecule has 0 unspecified atom stereocenters. The molecule has 0 atom stereocenters. The van der Waals surface area contributed by atoms with Crippen LogP contribution in [-0.4, -0.2) is 11.3 Å². The van der Waals surface area contributed by atoms with Crippen molar-refractivity contribution in [3.63, 3.8) is 0 Å². The highest BCUT2D eigenvalue weighted by molar-refractivity contribution is 5.67. The summed E-state index contributed by atoms with van der Waals surface area (Å²) in [6, 6.07) is 13.4. The molecule has 0 saturated heterocycles. The molecule has 1 N–H and O–H groups in total. The first kappa shape index (κ1) is 10.8. The van der Waals surface area contributed by atoms with Crippen molar-refractivity contribution in [1.29, 1.82) is 5.26 Å². The Labute approximate surface area is 99.3 Å². The number of benzene rings is 1. The lowest BCUT2D eigenvalue weighted by atomic mass is 10.1. The minimum atomic E-state index is 0.774. The Bertz CT molecular complexity index is 555. The molecule has 4 heteroatoms. The maximum Gasteiger partial charge on any atom is 0.182 e. The second-order valence-corrected chi connectivity index (χ2v) is 3.28. The van der Waals surface area contributed by atoms with E-state index in [1.807, 2.05) is 42.5 Å². The molecule has 0 aliphatic heterocycles. The van der Waals surface area contributed by atoms with Gasteiger partial charge in [-0.2, -0.15) is 5.26 Å². The zero-order valence-electron chi connectivity index (χ0n) is 9.04. The van der Waals surface area contributed by atoms with Crippen LogP contribution in [0.3, 0.4) is 0 Å². The second-order valence-electron chi connectivity index (χ2n) is 3.28. The number of aromatic nitrogens is 1. The smallest absolute Gasteiger partial charge is 0.182 e. The molecule has 0 amide bonds. The van der Waals surface area contributed by atoms with Crippen molar-refractivity contribution >= 4 is 12.0 Å². The standard InChI is InChI=1S/C13H10N4/c14-9-15-10-17-12-5-3-4-11(8-12)13-6-1-2-7-16-13/h1-8,10H,(H,15,17). The van der Waals surface area contributed by atoms with Gasteiger partial charge in [-0.3, -0.25) is 10.3 Å². The van der Waals surface area contributed by atoms with Crippen LogP contribution < -0.4 is 5.32 Å². The first-order valence-corrected chi connectivity index (χ1v) is 5.09. The fraction of sp³-hybridized carbons (Fsp3) is 0. The Morgan fingerprint density at radius 1 is 1.24 bits per heavy atom. The predicted molar refractivity (Wildman–Crippen MR) is 66.6 cm³/mol.